The molecule has 0 radical (unpaired) electrons. The van der Waals surface area contributed by atoms with E-state index in [9.17, 15) is 41.3 Å². The molecule has 0 unspecified atom stereocenters. The number of benzene rings is 5. The zero-order chi connectivity index (χ0) is 40.0. The summed E-state index contributed by atoms with van der Waals surface area (Å²) >= 11 is 0. The van der Waals surface area contributed by atoms with Gasteiger partial charge < -0.3 is 0 Å². The zero-order valence-corrected chi connectivity index (χ0v) is 27.3. The number of nitriles is 2. The molecule has 0 amide bonds. The Hall–Kier alpha value is -6.97. The van der Waals surface area contributed by atoms with E-state index in [1.54, 1.807) is 12.1 Å². The lowest BCUT2D eigenvalue weighted by Gasteiger charge is -2.15. The van der Waals surface area contributed by atoms with Gasteiger partial charge in [0.05, 0.1) is 36.4 Å². The van der Waals surface area contributed by atoms with Gasteiger partial charge in [0.15, 0.2) is 46.5 Å². The molecule has 0 aromatic heterocycles. The summed E-state index contributed by atoms with van der Waals surface area (Å²) in [6, 6.07) is 10.4. The Morgan fingerprint density at radius 2 is 0.964 bits per heavy atom. The summed E-state index contributed by atoms with van der Waals surface area (Å²) < 4.78 is 158. The molecule has 2 aliphatic rings. The van der Waals surface area contributed by atoms with Crippen LogP contribution in [0, 0.1) is 89.3 Å². The largest absolute Gasteiger partial charge is 0.422 e. The number of alkyl halides is 3. The van der Waals surface area contributed by atoms with Crippen LogP contribution >= 0.6 is 0 Å². The van der Waals surface area contributed by atoms with E-state index in [1.807, 2.05) is 0 Å². The zero-order valence-electron chi connectivity index (χ0n) is 27.3. The van der Waals surface area contributed by atoms with Gasteiger partial charge in [0.1, 0.15) is 5.56 Å². The predicted octanol–water partition coefficient (Wildman–Crippen LogP) is 9.71. The lowest BCUT2D eigenvalue weighted by molar-refractivity contribution is -0.143. The highest BCUT2D eigenvalue weighted by molar-refractivity contribution is 5.94. The molecule has 270 valence electrons. The number of halogens is 11. The van der Waals surface area contributed by atoms with Crippen molar-refractivity contribution >= 4 is 11.4 Å². The molecule has 0 N–H and O–H groups in total. The fraction of sp³-hybridized carbons (Fsp3) is 0.100. The van der Waals surface area contributed by atoms with Crippen molar-refractivity contribution < 1.29 is 48.3 Å². The van der Waals surface area contributed by atoms with Crippen LogP contribution in [0.4, 0.5) is 48.3 Å². The molecule has 15 heteroatoms. The Morgan fingerprint density at radius 1 is 0.582 bits per heavy atom. The average Bonchev–Trinajstić information content (AvgIpc) is 3.71. The Balaban J connectivity index is 1.54. The minimum absolute atomic E-state index is 0.00205. The molecular weight excluding hydrogens is 745 g/mol. The van der Waals surface area contributed by atoms with Crippen molar-refractivity contribution in [2.45, 2.75) is 25.9 Å². The molecule has 0 heterocycles. The monoisotopic (exact) mass is 758 g/mol. The number of rotatable bonds is 2. The molecule has 0 atom stereocenters. The van der Waals surface area contributed by atoms with Crippen molar-refractivity contribution in [3.63, 3.8) is 0 Å². The molecule has 4 nitrogen and oxygen atoms in total. The van der Waals surface area contributed by atoms with Gasteiger partial charge in [-0.05, 0) is 92.8 Å². The molecule has 0 bridgehead atoms. The number of nitrogens with zero attached hydrogens (tertiary/aromatic N) is 4. The third kappa shape index (κ3) is 5.08. The lowest BCUT2D eigenvalue weighted by atomic mass is 9.90. The summed E-state index contributed by atoms with van der Waals surface area (Å²) in [6.07, 6.45) is -6.27. The fourth-order valence-corrected chi connectivity index (χ4v) is 7.39. The number of hydrogen-bond donors (Lipinski definition) is 0. The minimum atomic E-state index is -5.78. The van der Waals surface area contributed by atoms with Gasteiger partial charge in [-0.15, -0.1) is 0 Å². The molecule has 5 aromatic rings. The van der Waals surface area contributed by atoms with Gasteiger partial charge in [0.25, 0.3) is 11.4 Å². The van der Waals surface area contributed by atoms with Gasteiger partial charge in [-0.2, -0.15) is 13.2 Å². The van der Waals surface area contributed by atoms with Crippen molar-refractivity contribution in [1.82, 2.24) is 0 Å². The van der Waals surface area contributed by atoms with E-state index in [-0.39, 0.29) is 73.4 Å². The third-order valence-corrected chi connectivity index (χ3v) is 9.71. The summed E-state index contributed by atoms with van der Waals surface area (Å²) in [7, 11) is 0. The van der Waals surface area contributed by atoms with Gasteiger partial charge in [-0.3, -0.25) is 0 Å². The first-order chi connectivity index (χ1) is 26.0. The molecule has 0 saturated carbocycles. The molecule has 0 aliphatic heterocycles. The second kappa shape index (κ2) is 12.6. The summed E-state index contributed by atoms with van der Waals surface area (Å²) in [6.45, 7) is 16.4. The number of hydrogen-bond acceptors (Lipinski definition) is 2. The van der Waals surface area contributed by atoms with Crippen LogP contribution in [-0.4, -0.2) is 0 Å². The molecule has 0 saturated heterocycles. The van der Waals surface area contributed by atoms with E-state index in [0.717, 1.165) is 25.1 Å². The van der Waals surface area contributed by atoms with E-state index < -0.39 is 91.9 Å². The average molecular weight is 759 g/mol. The van der Waals surface area contributed by atoms with E-state index in [1.165, 1.54) is 18.2 Å². The van der Waals surface area contributed by atoms with Crippen molar-refractivity contribution in [2.24, 2.45) is 0 Å². The Morgan fingerprint density at radius 3 is 1.33 bits per heavy atom. The van der Waals surface area contributed by atoms with Crippen molar-refractivity contribution in [1.29, 1.82) is 10.5 Å². The van der Waals surface area contributed by atoms with Gasteiger partial charge in [0, 0.05) is 10.8 Å². The van der Waals surface area contributed by atoms with Crippen molar-refractivity contribution in [3.05, 3.63) is 150 Å². The SMILES string of the molecule is [C-]#[N+]/C(C#N)=c1\c2c(/c(=C(/C#N)[N+]#[C-])c3c1Cc1cc(-c4c(F)c(F)c(C(F)(F)F)c(F)c4F)ccc1-3)-c1ccc(-c3c(F)c(F)c(C)c(F)c3F)cc1C2. The molecule has 5 aromatic carbocycles. The van der Waals surface area contributed by atoms with Crippen LogP contribution in [0.25, 0.3) is 65.6 Å². The third-order valence-electron chi connectivity index (χ3n) is 9.71. The molecule has 55 heavy (non-hydrogen) atoms. The summed E-state index contributed by atoms with van der Waals surface area (Å²) in [4.78, 5) is 6.70. The lowest BCUT2D eigenvalue weighted by Crippen LogP contribution is -2.25. The standard InChI is InChI=1S/C40H13F11N4/c1-14-32(41)34(43)25(35(44)33(14)42)15-4-6-19-17(8-15)10-21-27(23(12-52)54-2)22-11-18-9-16(5-7-20(18)29(22)30(28(19)21)24(13-53)55-3)26-36(45)38(47)31(40(49,50)51)39(48)37(26)46/h4-9H,10-11H2,1H3/b27-23+,30-24+. The van der Waals surface area contributed by atoms with Gasteiger partial charge in [-0.25, -0.2) is 55.3 Å². The van der Waals surface area contributed by atoms with Crippen LogP contribution in [0.5, 0.6) is 0 Å². The molecular formula is C40H13F11N4. The molecule has 2 aliphatic carbocycles. The maximum Gasteiger partial charge on any atom is 0.422 e. The highest BCUT2D eigenvalue weighted by Gasteiger charge is 2.43. The second-order valence-corrected chi connectivity index (χ2v) is 12.5. The summed E-state index contributed by atoms with van der Waals surface area (Å²) in [5.74, 6) is -16.5. The van der Waals surface area contributed by atoms with Crippen LogP contribution in [0.1, 0.15) is 33.4 Å². The van der Waals surface area contributed by atoms with Gasteiger partial charge in [0.2, 0.25) is 0 Å². The Bertz CT molecular complexity index is 2860. The van der Waals surface area contributed by atoms with Crippen molar-refractivity contribution in [2.75, 3.05) is 0 Å². The van der Waals surface area contributed by atoms with E-state index in [4.69, 9.17) is 13.1 Å². The minimum Gasteiger partial charge on any atom is -0.226 e. The van der Waals surface area contributed by atoms with Crippen molar-refractivity contribution in [3.8, 4) is 56.6 Å². The fourth-order valence-electron chi connectivity index (χ4n) is 7.39. The highest BCUT2D eigenvalue weighted by Crippen LogP contribution is 2.45. The summed E-state index contributed by atoms with van der Waals surface area (Å²) in [5, 5.41) is 20.1. The van der Waals surface area contributed by atoms with Crippen LogP contribution in [-0.2, 0) is 19.0 Å². The number of fused-ring (bicyclic) bond motifs is 6. The maximum atomic E-state index is 15.1. The molecule has 7 rings (SSSR count). The summed E-state index contributed by atoms with van der Waals surface area (Å²) in [5.41, 5.74) is -6.61. The normalized spacial score (nSPS) is 13.5. The Kier molecular flexibility index (Phi) is 8.32. The van der Waals surface area contributed by atoms with E-state index in [2.05, 4.69) is 9.69 Å². The first kappa shape index (κ1) is 36.4. The predicted molar refractivity (Wildman–Crippen MR) is 174 cm³/mol. The Labute approximate surface area is 302 Å². The van der Waals surface area contributed by atoms with Crippen LogP contribution < -0.4 is 10.4 Å². The van der Waals surface area contributed by atoms with Crippen LogP contribution in [0.2, 0.25) is 0 Å². The first-order valence-corrected chi connectivity index (χ1v) is 15.6. The topological polar surface area (TPSA) is 56.3 Å². The maximum absolute atomic E-state index is 15.1. The quantitative estimate of drug-likeness (QED) is 0.100. The van der Waals surface area contributed by atoms with Crippen LogP contribution in [0.15, 0.2) is 36.4 Å². The molecule has 0 fully saturated rings. The van der Waals surface area contributed by atoms with E-state index in [0.29, 0.717) is 0 Å². The highest BCUT2D eigenvalue weighted by atomic mass is 19.4. The van der Waals surface area contributed by atoms with Crippen LogP contribution in [0.3, 0.4) is 0 Å². The smallest absolute Gasteiger partial charge is 0.226 e. The first-order valence-electron chi connectivity index (χ1n) is 15.6. The van der Waals surface area contributed by atoms with Gasteiger partial charge in [-0.1, -0.05) is 24.3 Å². The molecule has 0 spiro atoms. The second-order valence-electron chi connectivity index (χ2n) is 12.5. The van der Waals surface area contributed by atoms with Gasteiger partial charge >= 0.3 is 6.18 Å². The van der Waals surface area contributed by atoms with E-state index >= 15 is 17.6 Å².